The van der Waals surface area contributed by atoms with Crippen LogP contribution in [0.3, 0.4) is 0 Å². The van der Waals surface area contributed by atoms with Crippen molar-refractivity contribution < 1.29 is 43.4 Å². The lowest BCUT2D eigenvalue weighted by Gasteiger charge is -2.27. The number of nitrogens with zero attached hydrogens (tertiary/aromatic N) is 2. The van der Waals surface area contributed by atoms with Gasteiger partial charge in [0.15, 0.2) is 0 Å². The van der Waals surface area contributed by atoms with E-state index in [1.54, 1.807) is 51.1 Å². The highest BCUT2D eigenvalue weighted by Gasteiger charge is 2.39. The number of likely N-dealkylation sites (tertiary alicyclic amines) is 1. The molecule has 0 saturated carbocycles. The zero-order valence-corrected chi connectivity index (χ0v) is 22.9. The summed E-state index contributed by atoms with van der Waals surface area (Å²) in [5.41, 5.74) is -0.0901. The quantitative estimate of drug-likeness (QED) is 0.350. The maximum Gasteiger partial charge on any atom is 0.435 e. The second kappa shape index (κ2) is 13.4. The zero-order valence-electron chi connectivity index (χ0n) is 22.9. The number of ketones is 1. The van der Waals surface area contributed by atoms with Crippen LogP contribution in [0.2, 0.25) is 0 Å². The van der Waals surface area contributed by atoms with Crippen LogP contribution in [0, 0.1) is 0 Å². The number of carbonyl (C=O) groups is 6. The van der Waals surface area contributed by atoms with E-state index in [1.165, 1.54) is 4.90 Å². The van der Waals surface area contributed by atoms with Crippen LogP contribution in [0.1, 0.15) is 52.0 Å². The van der Waals surface area contributed by atoms with Crippen LogP contribution in [0.4, 0.5) is 4.79 Å². The molecule has 0 spiro atoms. The van der Waals surface area contributed by atoms with Gasteiger partial charge in [-0.15, -0.1) is 0 Å². The zero-order chi connectivity index (χ0) is 29.4. The molecule has 0 radical (unpaired) electrons. The molecule has 2 aliphatic heterocycles. The standard InChI is InChI=1S/C27H36N4O9/c1-27(2,3)40-26(38)31-20(12-15-39-31)23(34)28-13-11-21(32)30-14-7-10-19(30)24(35)29-18(22(33)25(36)37)16-17-8-5-4-6-9-17/h4-6,8-9,18-20H,7,10-16H2,1-3H3,(H,28,34)(H,29,35)(H,36,37). The van der Waals surface area contributed by atoms with E-state index in [2.05, 4.69) is 10.6 Å². The number of benzene rings is 1. The molecule has 218 valence electrons. The number of carbonyl (C=O) groups excluding carboxylic acids is 5. The summed E-state index contributed by atoms with van der Waals surface area (Å²) in [4.78, 5) is 81.3. The summed E-state index contributed by atoms with van der Waals surface area (Å²) in [5, 5.41) is 15.3. The lowest BCUT2D eigenvalue weighted by atomic mass is 10.0. The van der Waals surface area contributed by atoms with Gasteiger partial charge in [0.2, 0.25) is 17.7 Å². The van der Waals surface area contributed by atoms with Crippen molar-refractivity contribution in [1.82, 2.24) is 20.6 Å². The molecule has 3 atom stereocenters. The normalized spacial score (nSPS) is 19.6. The fourth-order valence-electron chi connectivity index (χ4n) is 4.56. The Morgan fingerprint density at radius 2 is 1.75 bits per heavy atom. The Morgan fingerprint density at radius 3 is 2.40 bits per heavy atom. The van der Waals surface area contributed by atoms with Gasteiger partial charge in [0, 0.05) is 32.4 Å². The highest BCUT2D eigenvalue weighted by atomic mass is 16.7. The van der Waals surface area contributed by atoms with Gasteiger partial charge in [0.05, 0.1) is 6.61 Å². The third kappa shape index (κ3) is 8.25. The van der Waals surface area contributed by atoms with E-state index in [0.29, 0.717) is 24.9 Å². The Bertz CT molecular complexity index is 1120. The SMILES string of the molecule is CC(C)(C)OC(=O)N1OCCC1C(=O)NCCC(=O)N1CCCC1C(=O)NC(Cc1ccccc1)C(=O)C(=O)O. The highest BCUT2D eigenvalue weighted by Crippen LogP contribution is 2.21. The van der Waals surface area contributed by atoms with Crippen LogP contribution >= 0.6 is 0 Å². The number of hydrogen-bond acceptors (Lipinski definition) is 8. The van der Waals surface area contributed by atoms with E-state index in [0.717, 1.165) is 5.06 Å². The third-order valence-corrected chi connectivity index (χ3v) is 6.42. The van der Waals surface area contributed by atoms with Gasteiger partial charge in [-0.2, -0.15) is 5.06 Å². The van der Waals surface area contributed by atoms with E-state index >= 15 is 0 Å². The second-order valence-corrected chi connectivity index (χ2v) is 10.7. The average molecular weight is 561 g/mol. The molecule has 1 aromatic carbocycles. The van der Waals surface area contributed by atoms with Crippen molar-refractivity contribution in [1.29, 1.82) is 0 Å². The first-order chi connectivity index (χ1) is 18.9. The van der Waals surface area contributed by atoms with Crippen molar-refractivity contribution in [2.45, 2.75) is 76.6 Å². The highest BCUT2D eigenvalue weighted by molar-refractivity contribution is 6.35. The second-order valence-electron chi connectivity index (χ2n) is 10.7. The minimum absolute atomic E-state index is 0.00436. The largest absolute Gasteiger partial charge is 0.475 e. The average Bonchev–Trinajstić information content (AvgIpc) is 3.58. The molecule has 0 aromatic heterocycles. The van der Waals surface area contributed by atoms with Gasteiger partial charge < -0.3 is 25.4 Å². The number of hydrogen-bond donors (Lipinski definition) is 3. The number of hydroxylamine groups is 2. The Kier molecular flexibility index (Phi) is 10.2. The predicted octanol–water partition coefficient (Wildman–Crippen LogP) is 0.806. The minimum atomic E-state index is -1.66. The number of Topliss-reactive ketones (excluding diaryl/α,β-unsaturated/α-hetero) is 1. The molecule has 2 fully saturated rings. The Labute approximate surface area is 232 Å². The number of ether oxygens (including phenoxy) is 1. The molecule has 40 heavy (non-hydrogen) atoms. The van der Waals surface area contributed by atoms with Crippen molar-refractivity contribution in [2.75, 3.05) is 19.7 Å². The van der Waals surface area contributed by atoms with Crippen LogP contribution in [0.15, 0.2) is 30.3 Å². The van der Waals surface area contributed by atoms with Crippen LogP contribution in [-0.2, 0) is 40.0 Å². The Balaban J connectivity index is 1.54. The fraction of sp³-hybridized carbons (Fsp3) is 0.556. The van der Waals surface area contributed by atoms with E-state index in [1.807, 2.05) is 0 Å². The van der Waals surface area contributed by atoms with Gasteiger partial charge in [-0.05, 0) is 39.2 Å². The number of carboxylic acids is 1. The summed E-state index contributed by atoms with van der Waals surface area (Å²) in [5.74, 6) is -4.29. The topological polar surface area (TPSA) is 172 Å². The summed E-state index contributed by atoms with van der Waals surface area (Å²) < 4.78 is 5.26. The van der Waals surface area contributed by atoms with Crippen molar-refractivity contribution >= 4 is 35.6 Å². The number of aliphatic carboxylic acids is 1. The summed E-state index contributed by atoms with van der Waals surface area (Å²) in [7, 11) is 0. The van der Waals surface area contributed by atoms with Crippen molar-refractivity contribution in [3.63, 3.8) is 0 Å². The first kappa shape index (κ1) is 30.5. The van der Waals surface area contributed by atoms with Gasteiger partial charge in [0.25, 0.3) is 5.78 Å². The molecule has 2 heterocycles. The molecular formula is C27H36N4O9. The number of amides is 4. The number of carboxylic acid groups (broad SMARTS) is 1. The molecule has 3 unspecified atom stereocenters. The molecule has 2 saturated heterocycles. The van der Waals surface area contributed by atoms with Gasteiger partial charge in [-0.25, -0.2) is 9.59 Å². The first-order valence-electron chi connectivity index (χ1n) is 13.2. The smallest absolute Gasteiger partial charge is 0.435 e. The lowest BCUT2D eigenvalue weighted by molar-refractivity contribution is -0.150. The molecule has 13 nitrogen and oxygen atoms in total. The van der Waals surface area contributed by atoms with Crippen molar-refractivity contribution in [3.05, 3.63) is 35.9 Å². The minimum Gasteiger partial charge on any atom is -0.475 e. The molecular weight excluding hydrogens is 524 g/mol. The number of nitrogens with one attached hydrogen (secondary N) is 2. The summed E-state index contributed by atoms with van der Waals surface area (Å²) >= 11 is 0. The van der Waals surface area contributed by atoms with Gasteiger partial charge in [-0.1, -0.05) is 30.3 Å². The van der Waals surface area contributed by atoms with E-state index in [4.69, 9.17) is 9.57 Å². The Hall–Kier alpha value is -4.00. The maximum atomic E-state index is 13.1. The van der Waals surface area contributed by atoms with Gasteiger partial charge >= 0.3 is 12.1 Å². The van der Waals surface area contributed by atoms with Crippen LogP contribution in [0.5, 0.6) is 0 Å². The van der Waals surface area contributed by atoms with Gasteiger partial charge in [0.1, 0.15) is 23.7 Å². The molecule has 2 aliphatic rings. The van der Waals surface area contributed by atoms with E-state index in [-0.39, 0.29) is 38.3 Å². The number of rotatable bonds is 10. The van der Waals surface area contributed by atoms with E-state index < -0.39 is 53.4 Å². The van der Waals surface area contributed by atoms with Crippen molar-refractivity contribution in [2.24, 2.45) is 0 Å². The summed E-state index contributed by atoms with van der Waals surface area (Å²) in [6.45, 7) is 5.53. The molecule has 3 N–H and O–H groups in total. The third-order valence-electron chi connectivity index (χ3n) is 6.42. The van der Waals surface area contributed by atoms with Crippen LogP contribution < -0.4 is 10.6 Å². The monoisotopic (exact) mass is 560 g/mol. The maximum absolute atomic E-state index is 13.1. The van der Waals surface area contributed by atoms with Crippen LogP contribution in [0.25, 0.3) is 0 Å². The molecule has 4 amide bonds. The predicted molar refractivity (Wildman–Crippen MR) is 140 cm³/mol. The summed E-state index contributed by atoms with van der Waals surface area (Å²) in [6, 6.07) is 5.65. The van der Waals surface area contributed by atoms with Gasteiger partial charge in [-0.3, -0.25) is 24.0 Å². The first-order valence-corrected chi connectivity index (χ1v) is 13.2. The van der Waals surface area contributed by atoms with Crippen molar-refractivity contribution in [3.8, 4) is 0 Å². The molecule has 13 heteroatoms. The van der Waals surface area contributed by atoms with E-state index in [9.17, 15) is 33.9 Å². The molecule has 0 bridgehead atoms. The lowest BCUT2D eigenvalue weighted by Crippen LogP contribution is -2.53. The van der Waals surface area contributed by atoms with Crippen LogP contribution in [-0.4, -0.2) is 94.1 Å². The Morgan fingerprint density at radius 1 is 1.05 bits per heavy atom. The molecule has 3 rings (SSSR count). The molecule has 0 aliphatic carbocycles. The summed E-state index contributed by atoms with van der Waals surface area (Å²) in [6.07, 6.45) is 0.294. The molecule has 1 aromatic rings. The fourth-order valence-corrected chi connectivity index (χ4v) is 4.56.